The lowest BCUT2D eigenvalue weighted by Gasteiger charge is -2.16. The first-order chi connectivity index (χ1) is 13.5. The number of hydrazone groups is 1. The van der Waals surface area contributed by atoms with Crippen LogP contribution in [0.4, 0.5) is 5.69 Å². The van der Waals surface area contributed by atoms with Crippen molar-refractivity contribution < 1.29 is 13.5 Å². The number of phenolic OH excluding ortho intramolecular Hbond substituents is 1. The standard InChI is InChI=1S/C18H17N5O3S2/c1-23-18(19-21-22-23)27-16-11-15(13-9-5-6-10-14(13)17(16)24)20-28(25,26)12-7-3-2-4-8-12/h2-11,20-22,24H,1H3. The Labute approximate surface area is 166 Å². The number of amidine groups is 1. The molecule has 0 aliphatic carbocycles. The highest BCUT2D eigenvalue weighted by molar-refractivity contribution is 8.13. The Hall–Kier alpha value is -2.95. The van der Waals surface area contributed by atoms with E-state index >= 15 is 0 Å². The third-order valence-corrected chi connectivity index (χ3v) is 6.60. The predicted octanol–water partition coefficient (Wildman–Crippen LogP) is 2.66. The minimum Gasteiger partial charge on any atom is -0.506 e. The summed E-state index contributed by atoms with van der Waals surface area (Å²) in [6.45, 7) is 0. The van der Waals surface area contributed by atoms with E-state index in [0.717, 1.165) is 0 Å². The molecule has 0 aromatic heterocycles. The van der Waals surface area contributed by atoms with Crippen LogP contribution in [0.5, 0.6) is 5.75 Å². The number of anilines is 1. The highest BCUT2D eigenvalue weighted by Crippen LogP contribution is 2.41. The Balaban J connectivity index is 1.80. The van der Waals surface area contributed by atoms with Crippen LogP contribution in [-0.2, 0) is 10.0 Å². The zero-order valence-electron chi connectivity index (χ0n) is 14.7. The molecule has 3 aromatic carbocycles. The summed E-state index contributed by atoms with van der Waals surface area (Å²) in [6.07, 6.45) is 0. The van der Waals surface area contributed by atoms with Gasteiger partial charge in [0.2, 0.25) is 5.17 Å². The fourth-order valence-corrected chi connectivity index (χ4v) is 4.71. The second-order valence-electron chi connectivity index (χ2n) is 6.01. The number of benzene rings is 3. The highest BCUT2D eigenvalue weighted by atomic mass is 32.2. The van der Waals surface area contributed by atoms with Crippen molar-refractivity contribution in [3.8, 4) is 5.75 Å². The smallest absolute Gasteiger partial charge is 0.261 e. The Kier molecular flexibility index (Phi) is 4.75. The molecular formula is C18H17N5O3S2. The van der Waals surface area contributed by atoms with Gasteiger partial charge in [-0.1, -0.05) is 42.5 Å². The largest absolute Gasteiger partial charge is 0.506 e. The van der Waals surface area contributed by atoms with Gasteiger partial charge in [0, 0.05) is 17.8 Å². The van der Waals surface area contributed by atoms with Crippen LogP contribution in [0.3, 0.4) is 0 Å². The molecule has 3 aromatic rings. The van der Waals surface area contributed by atoms with Crippen molar-refractivity contribution in [3.63, 3.8) is 0 Å². The van der Waals surface area contributed by atoms with Gasteiger partial charge in [-0.25, -0.2) is 14.0 Å². The first-order valence-corrected chi connectivity index (χ1v) is 10.6. The SMILES string of the molecule is CN1NNN=C1Sc1cc(NS(=O)(=O)c2ccccc2)c2ccccc2c1O. The fourth-order valence-electron chi connectivity index (χ4n) is 2.76. The molecule has 0 bridgehead atoms. The number of aromatic hydroxyl groups is 1. The summed E-state index contributed by atoms with van der Waals surface area (Å²) in [6, 6.07) is 16.8. The topological polar surface area (TPSA) is 106 Å². The molecule has 0 saturated carbocycles. The maximum Gasteiger partial charge on any atom is 0.261 e. The van der Waals surface area contributed by atoms with Crippen LogP contribution in [0.25, 0.3) is 10.8 Å². The lowest BCUT2D eigenvalue weighted by molar-refractivity contribution is 0.352. The molecule has 1 aliphatic rings. The van der Waals surface area contributed by atoms with E-state index in [2.05, 4.69) is 20.9 Å². The van der Waals surface area contributed by atoms with Gasteiger partial charge < -0.3 is 5.11 Å². The molecular weight excluding hydrogens is 398 g/mol. The molecule has 4 N–H and O–H groups in total. The number of phenols is 1. The zero-order chi connectivity index (χ0) is 19.7. The maximum absolute atomic E-state index is 12.8. The van der Waals surface area contributed by atoms with Crippen LogP contribution in [-0.4, -0.2) is 30.7 Å². The lowest BCUT2D eigenvalue weighted by atomic mass is 10.1. The summed E-state index contributed by atoms with van der Waals surface area (Å²) >= 11 is 1.20. The monoisotopic (exact) mass is 415 g/mol. The van der Waals surface area contributed by atoms with Gasteiger partial charge in [-0.05, 0) is 30.0 Å². The first-order valence-electron chi connectivity index (χ1n) is 8.28. The normalized spacial score (nSPS) is 14.0. The number of rotatable bonds is 4. The maximum atomic E-state index is 12.8. The second-order valence-corrected chi connectivity index (χ2v) is 8.71. The number of fused-ring (bicyclic) bond motifs is 1. The average molecular weight is 416 g/mol. The molecule has 0 saturated heterocycles. The van der Waals surface area contributed by atoms with Gasteiger partial charge in [0.25, 0.3) is 10.0 Å². The molecule has 0 radical (unpaired) electrons. The molecule has 10 heteroatoms. The number of nitrogens with one attached hydrogen (secondary N) is 3. The first kappa shape index (κ1) is 18.4. The van der Waals surface area contributed by atoms with Crippen LogP contribution >= 0.6 is 11.8 Å². The predicted molar refractivity (Wildman–Crippen MR) is 110 cm³/mol. The minimum absolute atomic E-state index is 0.0614. The van der Waals surface area contributed by atoms with Crippen molar-refractivity contribution in [3.05, 3.63) is 60.7 Å². The molecule has 8 nitrogen and oxygen atoms in total. The van der Waals surface area contributed by atoms with E-state index in [0.29, 0.717) is 26.5 Å². The summed E-state index contributed by atoms with van der Waals surface area (Å²) in [4.78, 5) is 0.634. The van der Waals surface area contributed by atoms with Gasteiger partial charge in [0.05, 0.1) is 15.5 Å². The Morgan fingerprint density at radius 3 is 2.43 bits per heavy atom. The number of hydrazine groups is 2. The van der Waals surface area contributed by atoms with Crippen LogP contribution in [0, 0.1) is 0 Å². The summed E-state index contributed by atoms with van der Waals surface area (Å²) in [5, 5.41) is 18.2. The summed E-state index contributed by atoms with van der Waals surface area (Å²) in [7, 11) is -2.01. The van der Waals surface area contributed by atoms with Crippen molar-refractivity contribution in [1.82, 2.24) is 16.1 Å². The number of thioether (sulfide) groups is 1. The molecule has 4 rings (SSSR count). The summed E-state index contributed by atoms with van der Waals surface area (Å²) < 4.78 is 28.3. The van der Waals surface area contributed by atoms with Crippen molar-refractivity contribution >= 4 is 43.4 Å². The van der Waals surface area contributed by atoms with E-state index in [1.165, 1.54) is 23.9 Å². The number of sulfonamides is 1. The van der Waals surface area contributed by atoms with Crippen LogP contribution in [0.15, 0.2) is 75.6 Å². The van der Waals surface area contributed by atoms with Gasteiger partial charge in [0.15, 0.2) is 0 Å². The number of hydrogen-bond acceptors (Lipinski definition) is 8. The Morgan fingerprint density at radius 1 is 1.07 bits per heavy atom. The third-order valence-electron chi connectivity index (χ3n) is 4.14. The minimum atomic E-state index is -3.78. The zero-order valence-corrected chi connectivity index (χ0v) is 16.4. The molecule has 1 heterocycles. The molecule has 0 atom stereocenters. The lowest BCUT2D eigenvalue weighted by Crippen LogP contribution is -2.36. The molecule has 1 aliphatic heterocycles. The number of nitrogens with zero attached hydrogens (tertiary/aromatic N) is 2. The van der Waals surface area contributed by atoms with Gasteiger partial charge in [-0.2, -0.15) is 0 Å². The highest BCUT2D eigenvalue weighted by Gasteiger charge is 2.21. The average Bonchev–Trinajstić information content (AvgIpc) is 3.10. The van der Waals surface area contributed by atoms with Crippen LogP contribution < -0.4 is 15.8 Å². The van der Waals surface area contributed by atoms with E-state index in [1.54, 1.807) is 60.6 Å². The molecule has 0 spiro atoms. The molecule has 144 valence electrons. The summed E-state index contributed by atoms with van der Waals surface area (Å²) in [5.41, 5.74) is 5.79. The third kappa shape index (κ3) is 3.44. The molecule has 0 unspecified atom stereocenters. The van der Waals surface area contributed by atoms with Crippen LogP contribution in [0.2, 0.25) is 0 Å². The fraction of sp³-hybridized carbons (Fsp3) is 0.0556. The second kappa shape index (κ2) is 7.23. The molecule has 28 heavy (non-hydrogen) atoms. The van der Waals surface area contributed by atoms with E-state index in [-0.39, 0.29) is 10.6 Å². The van der Waals surface area contributed by atoms with Crippen molar-refractivity contribution in [2.75, 3.05) is 11.8 Å². The Morgan fingerprint density at radius 2 is 1.75 bits per heavy atom. The van der Waals surface area contributed by atoms with Crippen molar-refractivity contribution in [1.29, 1.82) is 0 Å². The molecule has 0 fully saturated rings. The molecule has 0 amide bonds. The van der Waals surface area contributed by atoms with Gasteiger partial charge in [0.1, 0.15) is 5.75 Å². The van der Waals surface area contributed by atoms with E-state index < -0.39 is 10.0 Å². The van der Waals surface area contributed by atoms with Gasteiger partial charge in [-0.15, -0.1) is 10.6 Å². The quantitative estimate of drug-likeness (QED) is 0.486. The van der Waals surface area contributed by atoms with E-state index in [4.69, 9.17) is 0 Å². The van der Waals surface area contributed by atoms with E-state index in [9.17, 15) is 13.5 Å². The van der Waals surface area contributed by atoms with Gasteiger partial charge >= 0.3 is 0 Å². The van der Waals surface area contributed by atoms with Gasteiger partial charge in [-0.3, -0.25) is 9.73 Å². The van der Waals surface area contributed by atoms with Crippen LogP contribution in [0.1, 0.15) is 0 Å². The number of hydrogen-bond donors (Lipinski definition) is 4. The Bertz CT molecular complexity index is 1170. The van der Waals surface area contributed by atoms with E-state index in [1.807, 2.05) is 0 Å². The van der Waals surface area contributed by atoms with Crippen molar-refractivity contribution in [2.24, 2.45) is 5.10 Å². The summed E-state index contributed by atoms with van der Waals surface area (Å²) in [5.74, 6) is 0.0614. The van der Waals surface area contributed by atoms with Crippen molar-refractivity contribution in [2.45, 2.75) is 9.79 Å².